The Hall–Kier alpha value is -1.55. The summed E-state index contributed by atoms with van der Waals surface area (Å²) in [6.07, 6.45) is 0. The molecule has 74 valence electrons. The van der Waals surface area contributed by atoms with Crippen molar-refractivity contribution in [3.63, 3.8) is 0 Å². The highest BCUT2D eigenvalue weighted by molar-refractivity contribution is 6.33. The van der Waals surface area contributed by atoms with E-state index in [1.54, 1.807) is 18.2 Å². The fourth-order valence-electron chi connectivity index (χ4n) is 0.841. The molecule has 0 radical (unpaired) electrons. The van der Waals surface area contributed by atoms with Gasteiger partial charge in [0.15, 0.2) is 6.61 Å². The average molecular weight is 214 g/mol. The van der Waals surface area contributed by atoms with Crippen molar-refractivity contribution in [1.82, 2.24) is 0 Å². The van der Waals surface area contributed by atoms with E-state index in [2.05, 4.69) is 4.74 Å². The standard InChI is InChI=1S/C9H8ClNO3/c10-7-4-2-1-3-6(7)9(13)14-5-8(11)12/h1-4H,5H2,(H2,11,12). The van der Waals surface area contributed by atoms with E-state index in [0.29, 0.717) is 0 Å². The number of hydrogen-bond acceptors (Lipinski definition) is 3. The fraction of sp³-hybridized carbons (Fsp3) is 0.111. The zero-order valence-corrected chi connectivity index (χ0v) is 7.95. The van der Waals surface area contributed by atoms with Gasteiger partial charge in [-0.3, -0.25) is 4.79 Å². The van der Waals surface area contributed by atoms with Crippen molar-refractivity contribution in [3.05, 3.63) is 34.9 Å². The third-order valence-electron chi connectivity index (χ3n) is 1.44. The lowest BCUT2D eigenvalue weighted by Gasteiger charge is -2.03. The van der Waals surface area contributed by atoms with Gasteiger partial charge in [-0.15, -0.1) is 0 Å². The van der Waals surface area contributed by atoms with Gasteiger partial charge in [0.2, 0.25) is 0 Å². The van der Waals surface area contributed by atoms with Gasteiger partial charge in [-0.2, -0.15) is 0 Å². The van der Waals surface area contributed by atoms with Gasteiger partial charge < -0.3 is 10.5 Å². The van der Waals surface area contributed by atoms with Gasteiger partial charge in [0.1, 0.15) is 0 Å². The maximum Gasteiger partial charge on any atom is 0.340 e. The Bertz CT molecular complexity index is 365. The molecule has 0 aliphatic carbocycles. The topological polar surface area (TPSA) is 69.4 Å². The first kappa shape index (κ1) is 10.5. The Labute approximate surface area is 85.6 Å². The second-order valence-corrected chi connectivity index (χ2v) is 2.93. The highest BCUT2D eigenvalue weighted by Crippen LogP contribution is 2.15. The number of carbonyl (C=O) groups excluding carboxylic acids is 2. The largest absolute Gasteiger partial charge is 0.452 e. The number of primary amides is 1. The van der Waals surface area contributed by atoms with Gasteiger partial charge >= 0.3 is 5.97 Å². The number of rotatable bonds is 3. The van der Waals surface area contributed by atoms with Crippen molar-refractivity contribution in [3.8, 4) is 0 Å². The number of hydrogen-bond donors (Lipinski definition) is 1. The minimum atomic E-state index is -0.703. The molecule has 0 aliphatic heterocycles. The van der Waals surface area contributed by atoms with Crippen molar-refractivity contribution in [1.29, 1.82) is 0 Å². The summed E-state index contributed by atoms with van der Waals surface area (Å²) in [5.74, 6) is -1.36. The highest BCUT2D eigenvalue weighted by Gasteiger charge is 2.11. The van der Waals surface area contributed by atoms with Crippen LogP contribution in [0.5, 0.6) is 0 Å². The third-order valence-corrected chi connectivity index (χ3v) is 1.77. The lowest BCUT2D eigenvalue weighted by Crippen LogP contribution is -2.21. The summed E-state index contributed by atoms with van der Waals surface area (Å²) >= 11 is 5.72. The number of ether oxygens (including phenoxy) is 1. The summed E-state index contributed by atoms with van der Waals surface area (Å²) in [6.45, 7) is -0.440. The zero-order valence-electron chi connectivity index (χ0n) is 7.20. The third kappa shape index (κ3) is 2.74. The molecule has 0 fully saturated rings. The molecule has 14 heavy (non-hydrogen) atoms. The van der Waals surface area contributed by atoms with E-state index in [1.165, 1.54) is 6.07 Å². The summed E-state index contributed by atoms with van der Waals surface area (Å²) < 4.78 is 4.57. The minimum Gasteiger partial charge on any atom is -0.452 e. The normalized spacial score (nSPS) is 9.50. The van der Waals surface area contributed by atoms with Crippen LogP contribution in [0.15, 0.2) is 24.3 Å². The van der Waals surface area contributed by atoms with Crippen LogP contribution in [0.4, 0.5) is 0 Å². The van der Waals surface area contributed by atoms with Gasteiger partial charge in [0, 0.05) is 0 Å². The average Bonchev–Trinajstić information content (AvgIpc) is 2.15. The van der Waals surface area contributed by atoms with E-state index in [1.807, 2.05) is 0 Å². The lowest BCUT2D eigenvalue weighted by atomic mass is 10.2. The molecular weight excluding hydrogens is 206 g/mol. The molecule has 1 amide bonds. The summed E-state index contributed by atoms with van der Waals surface area (Å²) in [4.78, 5) is 21.6. The molecule has 1 rings (SSSR count). The maximum atomic E-state index is 11.3. The predicted molar refractivity (Wildman–Crippen MR) is 50.9 cm³/mol. The van der Waals surface area contributed by atoms with Crippen LogP contribution in [0.1, 0.15) is 10.4 Å². The number of benzene rings is 1. The quantitative estimate of drug-likeness (QED) is 0.761. The van der Waals surface area contributed by atoms with Crippen molar-refractivity contribution < 1.29 is 14.3 Å². The van der Waals surface area contributed by atoms with Crippen molar-refractivity contribution in [2.24, 2.45) is 5.73 Å². The Morgan fingerprint density at radius 1 is 1.36 bits per heavy atom. The van der Waals surface area contributed by atoms with Crippen LogP contribution in [0.3, 0.4) is 0 Å². The van der Waals surface area contributed by atoms with Gasteiger partial charge in [-0.1, -0.05) is 23.7 Å². The van der Waals surface area contributed by atoms with Gasteiger partial charge in [0.05, 0.1) is 10.6 Å². The molecule has 0 atom stereocenters. The molecule has 0 spiro atoms. The molecule has 0 saturated heterocycles. The summed E-state index contributed by atoms with van der Waals surface area (Å²) in [6, 6.07) is 6.40. The molecular formula is C9H8ClNO3. The smallest absolute Gasteiger partial charge is 0.340 e. The van der Waals surface area contributed by atoms with Crippen LogP contribution in [0.25, 0.3) is 0 Å². The molecule has 1 aromatic carbocycles. The molecule has 0 heterocycles. The van der Waals surface area contributed by atoms with E-state index in [-0.39, 0.29) is 10.6 Å². The van der Waals surface area contributed by atoms with Gasteiger partial charge in [-0.25, -0.2) is 4.79 Å². The molecule has 0 bridgehead atoms. The van der Waals surface area contributed by atoms with Crippen LogP contribution in [0, 0.1) is 0 Å². The molecule has 4 nitrogen and oxygen atoms in total. The Morgan fingerprint density at radius 3 is 2.57 bits per heavy atom. The number of amides is 1. The molecule has 0 aliphatic rings. The van der Waals surface area contributed by atoms with Crippen molar-refractivity contribution in [2.45, 2.75) is 0 Å². The number of halogens is 1. The summed E-state index contributed by atoms with van der Waals surface area (Å²) in [5.41, 5.74) is 5.03. The van der Waals surface area contributed by atoms with Crippen LogP contribution in [-0.4, -0.2) is 18.5 Å². The van der Waals surface area contributed by atoms with Crippen LogP contribution >= 0.6 is 11.6 Å². The van der Waals surface area contributed by atoms with Crippen LogP contribution in [-0.2, 0) is 9.53 Å². The molecule has 1 aromatic rings. The van der Waals surface area contributed by atoms with E-state index in [4.69, 9.17) is 17.3 Å². The van der Waals surface area contributed by atoms with E-state index in [9.17, 15) is 9.59 Å². The monoisotopic (exact) mass is 213 g/mol. The highest BCUT2D eigenvalue weighted by atomic mass is 35.5. The Balaban J connectivity index is 2.70. The van der Waals surface area contributed by atoms with E-state index < -0.39 is 18.5 Å². The van der Waals surface area contributed by atoms with Crippen LogP contribution < -0.4 is 5.73 Å². The van der Waals surface area contributed by atoms with E-state index in [0.717, 1.165) is 0 Å². The Morgan fingerprint density at radius 2 is 2.00 bits per heavy atom. The fourth-order valence-corrected chi connectivity index (χ4v) is 1.05. The van der Waals surface area contributed by atoms with Crippen molar-refractivity contribution in [2.75, 3.05) is 6.61 Å². The van der Waals surface area contributed by atoms with Crippen molar-refractivity contribution >= 4 is 23.5 Å². The minimum absolute atomic E-state index is 0.218. The number of carbonyl (C=O) groups is 2. The zero-order chi connectivity index (χ0) is 10.6. The lowest BCUT2D eigenvalue weighted by molar-refractivity contribution is -0.121. The van der Waals surface area contributed by atoms with Gasteiger partial charge in [-0.05, 0) is 12.1 Å². The van der Waals surface area contributed by atoms with Gasteiger partial charge in [0.25, 0.3) is 5.91 Å². The molecule has 5 heteroatoms. The Kier molecular flexibility index (Phi) is 3.48. The van der Waals surface area contributed by atoms with Crippen LogP contribution in [0.2, 0.25) is 5.02 Å². The molecule has 2 N–H and O–H groups in total. The first-order valence-electron chi connectivity index (χ1n) is 3.81. The SMILES string of the molecule is NC(=O)COC(=O)c1ccccc1Cl. The first-order chi connectivity index (χ1) is 6.61. The summed E-state index contributed by atoms with van der Waals surface area (Å²) in [5, 5.41) is 0.280. The molecule has 0 saturated carbocycles. The van der Waals surface area contributed by atoms with E-state index >= 15 is 0 Å². The number of nitrogens with two attached hydrogens (primary N) is 1. The summed E-state index contributed by atoms with van der Waals surface area (Å²) in [7, 11) is 0. The molecule has 0 unspecified atom stereocenters. The predicted octanol–water partition coefficient (Wildman–Crippen LogP) is 0.982. The second-order valence-electron chi connectivity index (χ2n) is 2.52. The number of esters is 1. The maximum absolute atomic E-state index is 11.3. The first-order valence-corrected chi connectivity index (χ1v) is 4.19. The molecule has 0 aromatic heterocycles. The second kappa shape index (κ2) is 4.62.